The van der Waals surface area contributed by atoms with Crippen LogP contribution in [0.4, 0.5) is 0 Å². The Morgan fingerprint density at radius 2 is 2.16 bits per heavy atom. The molecule has 5 heteroatoms. The summed E-state index contributed by atoms with van der Waals surface area (Å²) < 4.78 is 3.22. The Bertz CT molecular complexity index is 442. The highest BCUT2D eigenvalue weighted by molar-refractivity contribution is 9.10. The van der Waals surface area contributed by atoms with Crippen LogP contribution in [0.1, 0.15) is 45.0 Å². The zero-order valence-corrected chi connectivity index (χ0v) is 13.7. The van der Waals surface area contributed by atoms with Crippen LogP contribution in [0, 0.1) is 0 Å². The molecule has 19 heavy (non-hydrogen) atoms. The van der Waals surface area contributed by atoms with Crippen LogP contribution in [0.2, 0.25) is 0 Å². The predicted octanol–water partition coefficient (Wildman–Crippen LogP) is 2.57. The van der Waals surface area contributed by atoms with Crippen LogP contribution >= 0.6 is 15.9 Å². The van der Waals surface area contributed by atoms with Crippen molar-refractivity contribution in [2.75, 3.05) is 13.1 Å². The van der Waals surface area contributed by atoms with E-state index in [-0.39, 0.29) is 0 Å². The third kappa shape index (κ3) is 3.38. The maximum atomic E-state index is 10.2. The van der Waals surface area contributed by atoms with Crippen molar-refractivity contribution in [3.05, 3.63) is 15.9 Å². The quantitative estimate of drug-likeness (QED) is 0.923. The van der Waals surface area contributed by atoms with Gasteiger partial charge in [-0.1, -0.05) is 6.92 Å². The summed E-state index contributed by atoms with van der Waals surface area (Å²) >= 11 is 3.69. The standard InChI is InChI=1S/C14H24BrN3O/c1-4-11-13(15)12(18(5-2)16-11)9-17-8-6-7-14(3,19)10-17/h19H,4-10H2,1-3H3. The second kappa shape index (κ2) is 5.94. The molecule has 1 unspecified atom stereocenters. The Kier molecular flexibility index (Phi) is 4.69. The van der Waals surface area contributed by atoms with Gasteiger partial charge in [0.1, 0.15) is 0 Å². The number of nitrogens with zero attached hydrogens (tertiary/aromatic N) is 3. The SMILES string of the molecule is CCc1nn(CC)c(CN2CCCC(C)(O)C2)c1Br. The predicted molar refractivity (Wildman–Crippen MR) is 80.1 cm³/mol. The van der Waals surface area contributed by atoms with Crippen molar-refractivity contribution in [1.82, 2.24) is 14.7 Å². The summed E-state index contributed by atoms with van der Waals surface area (Å²) in [5.41, 5.74) is 1.81. The van der Waals surface area contributed by atoms with Gasteiger partial charge >= 0.3 is 0 Å². The first kappa shape index (κ1) is 15.0. The summed E-state index contributed by atoms with van der Waals surface area (Å²) in [6, 6.07) is 0. The minimum absolute atomic E-state index is 0.546. The number of piperidine rings is 1. The van der Waals surface area contributed by atoms with Crippen LogP contribution in [-0.4, -0.2) is 38.5 Å². The van der Waals surface area contributed by atoms with Crippen LogP contribution < -0.4 is 0 Å². The molecule has 0 radical (unpaired) electrons. The van der Waals surface area contributed by atoms with E-state index in [1.54, 1.807) is 0 Å². The summed E-state index contributed by atoms with van der Waals surface area (Å²) in [6.07, 6.45) is 2.90. The number of aryl methyl sites for hydroxylation is 2. The molecule has 0 aromatic carbocycles. The normalized spacial score (nSPS) is 24.9. The van der Waals surface area contributed by atoms with E-state index < -0.39 is 5.60 Å². The molecule has 1 N–H and O–H groups in total. The van der Waals surface area contributed by atoms with Gasteiger partial charge in [-0.15, -0.1) is 0 Å². The Morgan fingerprint density at radius 1 is 1.42 bits per heavy atom. The number of halogens is 1. The number of hydrogen-bond donors (Lipinski definition) is 1. The lowest BCUT2D eigenvalue weighted by Crippen LogP contribution is -2.45. The van der Waals surface area contributed by atoms with Crippen molar-refractivity contribution in [2.24, 2.45) is 0 Å². The van der Waals surface area contributed by atoms with Gasteiger partial charge in [0.2, 0.25) is 0 Å². The van der Waals surface area contributed by atoms with Gasteiger partial charge in [-0.2, -0.15) is 5.10 Å². The third-order valence-electron chi connectivity index (χ3n) is 3.82. The van der Waals surface area contributed by atoms with Crippen LogP contribution in [0.15, 0.2) is 4.47 Å². The number of aliphatic hydroxyl groups is 1. The van der Waals surface area contributed by atoms with Gasteiger partial charge in [0.25, 0.3) is 0 Å². The maximum Gasteiger partial charge on any atom is 0.0767 e. The zero-order valence-electron chi connectivity index (χ0n) is 12.1. The monoisotopic (exact) mass is 329 g/mol. The number of aromatic nitrogens is 2. The largest absolute Gasteiger partial charge is 0.389 e. The molecular formula is C14H24BrN3O. The van der Waals surface area contributed by atoms with Gasteiger partial charge in [-0.3, -0.25) is 9.58 Å². The zero-order chi connectivity index (χ0) is 14.0. The molecule has 0 aliphatic carbocycles. The molecule has 0 amide bonds. The van der Waals surface area contributed by atoms with Crippen molar-refractivity contribution < 1.29 is 5.11 Å². The van der Waals surface area contributed by atoms with E-state index >= 15 is 0 Å². The van der Waals surface area contributed by atoms with Crippen LogP contribution in [0.5, 0.6) is 0 Å². The van der Waals surface area contributed by atoms with E-state index in [4.69, 9.17) is 0 Å². The van der Waals surface area contributed by atoms with Crippen LogP contribution in [0.25, 0.3) is 0 Å². The van der Waals surface area contributed by atoms with Crippen molar-refractivity contribution in [1.29, 1.82) is 0 Å². The number of likely N-dealkylation sites (tertiary alicyclic amines) is 1. The molecule has 1 aliphatic rings. The van der Waals surface area contributed by atoms with Crippen molar-refractivity contribution in [3.63, 3.8) is 0 Å². The fourth-order valence-corrected chi connectivity index (χ4v) is 3.53. The second-order valence-electron chi connectivity index (χ2n) is 5.69. The summed E-state index contributed by atoms with van der Waals surface area (Å²) in [5.74, 6) is 0. The molecular weight excluding hydrogens is 306 g/mol. The Hall–Kier alpha value is -0.390. The molecule has 0 saturated carbocycles. The van der Waals surface area contributed by atoms with E-state index in [0.717, 1.165) is 55.6 Å². The van der Waals surface area contributed by atoms with Crippen LogP contribution in [0.3, 0.4) is 0 Å². The molecule has 4 nitrogen and oxygen atoms in total. The summed E-state index contributed by atoms with van der Waals surface area (Å²) in [4.78, 5) is 2.33. The minimum atomic E-state index is -0.546. The topological polar surface area (TPSA) is 41.3 Å². The lowest BCUT2D eigenvalue weighted by atomic mass is 9.95. The fourth-order valence-electron chi connectivity index (χ4n) is 2.84. The second-order valence-corrected chi connectivity index (χ2v) is 6.48. The maximum absolute atomic E-state index is 10.2. The number of rotatable bonds is 4. The van der Waals surface area contributed by atoms with Crippen LogP contribution in [-0.2, 0) is 19.5 Å². The molecule has 108 valence electrons. The molecule has 1 aromatic heterocycles. The van der Waals surface area contributed by atoms with E-state index in [2.05, 4.69) is 44.5 Å². The minimum Gasteiger partial charge on any atom is -0.389 e. The molecule has 2 heterocycles. The molecule has 0 spiro atoms. The van der Waals surface area contributed by atoms with Gasteiger partial charge in [0.15, 0.2) is 0 Å². The lowest BCUT2D eigenvalue weighted by Gasteiger charge is -2.36. The smallest absolute Gasteiger partial charge is 0.0767 e. The molecule has 1 aromatic rings. The summed E-state index contributed by atoms with van der Waals surface area (Å²) in [6.45, 7) is 9.73. The van der Waals surface area contributed by atoms with Gasteiger partial charge in [-0.05, 0) is 55.6 Å². The average Bonchev–Trinajstić information content (AvgIpc) is 2.65. The van der Waals surface area contributed by atoms with Crippen molar-refractivity contribution in [2.45, 2.75) is 58.7 Å². The van der Waals surface area contributed by atoms with E-state index in [1.165, 1.54) is 5.69 Å². The van der Waals surface area contributed by atoms with Gasteiger partial charge in [-0.25, -0.2) is 0 Å². The van der Waals surface area contributed by atoms with Crippen molar-refractivity contribution >= 4 is 15.9 Å². The molecule has 1 saturated heterocycles. The first-order valence-corrected chi connectivity index (χ1v) is 7.95. The molecule has 1 aliphatic heterocycles. The van der Waals surface area contributed by atoms with Gasteiger partial charge in [0, 0.05) is 19.6 Å². The number of hydrogen-bond acceptors (Lipinski definition) is 3. The Morgan fingerprint density at radius 3 is 2.74 bits per heavy atom. The molecule has 2 rings (SSSR count). The Labute approximate surface area is 123 Å². The highest BCUT2D eigenvalue weighted by atomic mass is 79.9. The van der Waals surface area contributed by atoms with Crippen molar-refractivity contribution in [3.8, 4) is 0 Å². The fraction of sp³-hybridized carbons (Fsp3) is 0.786. The van der Waals surface area contributed by atoms with E-state index in [0.29, 0.717) is 0 Å². The highest BCUT2D eigenvalue weighted by Crippen LogP contribution is 2.27. The average molecular weight is 330 g/mol. The first-order valence-electron chi connectivity index (χ1n) is 7.15. The summed E-state index contributed by atoms with van der Waals surface area (Å²) in [7, 11) is 0. The van der Waals surface area contributed by atoms with E-state index in [9.17, 15) is 5.11 Å². The first-order chi connectivity index (χ1) is 8.96. The Balaban J connectivity index is 2.16. The number of β-amino-alcohol motifs (C(OH)–C–C–N with tert-alkyl or cyclic N) is 1. The lowest BCUT2D eigenvalue weighted by molar-refractivity contribution is -0.0189. The van der Waals surface area contributed by atoms with Gasteiger partial charge < -0.3 is 5.11 Å². The molecule has 1 fully saturated rings. The highest BCUT2D eigenvalue weighted by Gasteiger charge is 2.29. The molecule has 1 atom stereocenters. The third-order valence-corrected chi connectivity index (χ3v) is 4.74. The van der Waals surface area contributed by atoms with E-state index in [1.807, 2.05) is 6.92 Å². The van der Waals surface area contributed by atoms with Gasteiger partial charge in [0.05, 0.1) is 21.5 Å². The summed E-state index contributed by atoms with van der Waals surface area (Å²) in [5, 5.41) is 14.8. The molecule has 0 bridgehead atoms.